The van der Waals surface area contributed by atoms with Gasteiger partial charge in [-0.15, -0.1) is 0 Å². The van der Waals surface area contributed by atoms with Crippen LogP contribution in [-0.2, 0) is 0 Å². The second-order valence-corrected chi connectivity index (χ2v) is 4.45. The van der Waals surface area contributed by atoms with Crippen LogP contribution >= 0.6 is 0 Å². The summed E-state index contributed by atoms with van der Waals surface area (Å²) in [6, 6.07) is 3.40. The lowest BCUT2D eigenvalue weighted by Gasteiger charge is -2.14. The molecule has 3 rings (SSSR count). The highest BCUT2D eigenvalue weighted by atomic mass is 16.3. The van der Waals surface area contributed by atoms with E-state index in [4.69, 9.17) is 10.2 Å². The molecule has 2 aromatic rings. The van der Waals surface area contributed by atoms with E-state index >= 15 is 0 Å². The van der Waals surface area contributed by atoms with Gasteiger partial charge in [-0.3, -0.25) is 9.89 Å². The number of H-pyrrole nitrogens is 1. The molecule has 1 atom stereocenters. The van der Waals surface area contributed by atoms with Gasteiger partial charge in [0, 0.05) is 19.0 Å². The maximum atomic E-state index is 12.1. The monoisotopic (exact) mass is 246 g/mol. The molecule has 0 aromatic carbocycles. The average Bonchev–Trinajstić information content (AvgIpc) is 3.09. The zero-order chi connectivity index (χ0) is 12.5. The molecule has 6 heteroatoms. The normalized spacial score (nSPS) is 19.3. The number of nitrogen functional groups attached to an aromatic ring is 1. The molecule has 0 aliphatic carbocycles. The molecule has 3 heterocycles. The number of furan rings is 1. The topological polar surface area (TPSA) is 88.1 Å². The van der Waals surface area contributed by atoms with E-state index in [9.17, 15) is 4.79 Å². The third-order valence-corrected chi connectivity index (χ3v) is 3.32. The van der Waals surface area contributed by atoms with Crippen LogP contribution in [0.1, 0.15) is 28.6 Å². The maximum absolute atomic E-state index is 12.1. The van der Waals surface area contributed by atoms with Crippen LogP contribution in [0.15, 0.2) is 29.0 Å². The van der Waals surface area contributed by atoms with Crippen LogP contribution < -0.4 is 5.73 Å². The lowest BCUT2D eigenvalue weighted by atomic mass is 10.0. The molecule has 3 N–H and O–H groups in total. The molecule has 0 radical (unpaired) electrons. The number of nitrogens with zero attached hydrogens (tertiary/aromatic N) is 2. The van der Waals surface area contributed by atoms with Crippen molar-refractivity contribution in [3.63, 3.8) is 0 Å². The highest BCUT2D eigenvalue weighted by Crippen LogP contribution is 2.29. The lowest BCUT2D eigenvalue weighted by Crippen LogP contribution is -2.28. The third-order valence-electron chi connectivity index (χ3n) is 3.32. The van der Waals surface area contributed by atoms with Gasteiger partial charge in [-0.1, -0.05) is 0 Å². The minimum atomic E-state index is -0.0689. The van der Waals surface area contributed by atoms with Gasteiger partial charge in [0.05, 0.1) is 23.8 Å². The number of hydrogen-bond donors (Lipinski definition) is 2. The second-order valence-electron chi connectivity index (χ2n) is 4.45. The predicted octanol–water partition coefficient (Wildman–Crippen LogP) is 1.21. The van der Waals surface area contributed by atoms with Crippen molar-refractivity contribution in [2.45, 2.75) is 12.3 Å². The molecule has 1 saturated heterocycles. The van der Waals surface area contributed by atoms with Crippen molar-refractivity contribution in [1.82, 2.24) is 15.1 Å². The van der Waals surface area contributed by atoms with Gasteiger partial charge < -0.3 is 15.1 Å². The number of amides is 1. The number of aromatic amines is 1. The summed E-state index contributed by atoms with van der Waals surface area (Å²) in [6.45, 7) is 1.36. The molecule has 1 aliphatic heterocycles. The Balaban J connectivity index is 1.73. The van der Waals surface area contributed by atoms with Crippen molar-refractivity contribution < 1.29 is 9.21 Å². The summed E-state index contributed by atoms with van der Waals surface area (Å²) in [5.41, 5.74) is 7.40. The van der Waals surface area contributed by atoms with E-state index in [1.54, 1.807) is 23.2 Å². The molecule has 1 fully saturated rings. The molecule has 0 bridgehead atoms. The molecule has 0 spiro atoms. The van der Waals surface area contributed by atoms with E-state index in [2.05, 4.69) is 10.2 Å². The molecule has 2 aromatic heterocycles. The predicted molar refractivity (Wildman–Crippen MR) is 65.0 cm³/mol. The maximum Gasteiger partial charge on any atom is 0.289 e. The first-order valence-corrected chi connectivity index (χ1v) is 5.87. The molecular weight excluding hydrogens is 232 g/mol. The Hall–Kier alpha value is -2.24. The molecule has 0 saturated carbocycles. The molecule has 18 heavy (non-hydrogen) atoms. The first kappa shape index (κ1) is 10.9. The van der Waals surface area contributed by atoms with Crippen LogP contribution in [0.4, 0.5) is 5.69 Å². The van der Waals surface area contributed by atoms with E-state index in [0.717, 1.165) is 12.1 Å². The Labute approximate surface area is 104 Å². The summed E-state index contributed by atoms with van der Waals surface area (Å²) in [7, 11) is 0. The molecule has 6 nitrogen and oxygen atoms in total. The summed E-state index contributed by atoms with van der Waals surface area (Å²) in [6.07, 6.45) is 4.00. The highest BCUT2D eigenvalue weighted by molar-refractivity contribution is 5.91. The largest absolute Gasteiger partial charge is 0.459 e. The number of likely N-dealkylation sites (tertiary alicyclic amines) is 1. The van der Waals surface area contributed by atoms with E-state index in [1.807, 2.05) is 0 Å². The van der Waals surface area contributed by atoms with Crippen LogP contribution in [0.2, 0.25) is 0 Å². The van der Waals surface area contributed by atoms with E-state index in [-0.39, 0.29) is 11.8 Å². The van der Waals surface area contributed by atoms with Gasteiger partial charge in [0.15, 0.2) is 5.76 Å². The number of nitrogens with one attached hydrogen (secondary N) is 1. The van der Waals surface area contributed by atoms with Crippen molar-refractivity contribution >= 4 is 11.6 Å². The first-order chi connectivity index (χ1) is 8.75. The second kappa shape index (κ2) is 4.21. The zero-order valence-corrected chi connectivity index (χ0v) is 9.80. The summed E-state index contributed by atoms with van der Waals surface area (Å²) < 4.78 is 5.12. The van der Waals surface area contributed by atoms with E-state index < -0.39 is 0 Å². The number of hydrogen-bond acceptors (Lipinski definition) is 4. The Morgan fingerprint density at radius 2 is 2.50 bits per heavy atom. The molecule has 1 unspecified atom stereocenters. The Morgan fingerprint density at radius 3 is 3.17 bits per heavy atom. The summed E-state index contributed by atoms with van der Waals surface area (Å²) in [5, 5.41) is 6.82. The number of anilines is 1. The van der Waals surface area contributed by atoms with Gasteiger partial charge in [0.2, 0.25) is 0 Å². The van der Waals surface area contributed by atoms with Gasteiger partial charge in [0.25, 0.3) is 5.91 Å². The Bertz CT molecular complexity index is 546. The lowest BCUT2D eigenvalue weighted by molar-refractivity contribution is 0.0759. The minimum absolute atomic E-state index is 0.0689. The Morgan fingerprint density at radius 1 is 1.61 bits per heavy atom. The zero-order valence-electron chi connectivity index (χ0n) is 9.80. The van der Waals surface area contributed by atoms with E-state index in [1.165, 1.54) is 6.26 Å². The highest BCUT2D eigenvalue weighted by Gasteiger charge is 2.30. The van der Waals surface area contributed by atoms with Gasteiger partial charge in [-0.25, -0.2) is 0 Å². The minimum Gasteiger partial charge on any atom is -0.459 e. The smallest absolute Gasteiger partial charge is 0.289 e. The fraction of sp³-hybridized carbons (Fsp3) is 0.333. The van der Waals surface area contributed by atoms with Crippen molar-refractivity contribution in [2.24, 2.45) is 0 Å². The summed E-state index contributed by atoms with van der Waals surface area (Å²) in [4.78, 5) is 13.9. The number of carbonyl (C=O) groups is 1. The van der Waals surface area contributed by atoms with Crippen LogP contribution in [0.3, 0.4) is 0 Å². The quantitative estimate of drug-likeness (QED) is 0.833. The summed E-state index contributed by atoms with van der Waals surface area (Å²) in [5.74, 6) is 0.542. The standard InChI is InChI=1S/C12H14N4O2/c13-9-6-14-15-11(9)8-3-4-16(7-8)12(17)10-2-1-5-18-10/h1-2,5-6,8H,3-4,7,13H2,(H,14,15). The van der Waals surface area contributed by atoms with Crippen LogP contribution in [-0.4, -0.2) is 34.1 Å². The SMILES string of the molecule is Nc1cn[nH]c1C1CCN(C(=O)c2ccco2)C1. The third kappa shape index (κ3) is 1.75. The average molecular weight is 246 g/mol. The van der Waals surface area contributed by atoms with Crippen LogP contribution in [0.5, 0.6) is 0 Å². The van der Waals surface area contributed by atoms with Crippen LogP contribution in [0, 0.1) is 0 Å². The van der Waals surface area contributed by atoms with Gasteiger partial charge in [-0.05, 0) is 18.6 Å². The number of aromatic nitrogens is 2. The van der Waals surface area contributed by atoms with E-state index in [0.29, 0.717) is 24.5 Å². The number of rotatable bonds is 2. The van der Waals surface area contributed by atoms with Crippen molar-refractivity contribution in [3.05, 3.63) is 36.0 Å². The first-order valence-electron chi connectivity index (χ1n) is 5.87. The van der Waals surface area contributed by atoms with Crippen molar-refractivity contribution in [3.8, 4) is 0 Å². The molecule has 1 amide bonds. The molecular formula is C12H14N4O2. The van der Waals surface area contributed by atoms with Gasteiger partial charge >= 0.3 is 0 Å². The number of carbonyl (C=O) groups excluding carboxylic acids is 1. The Kier molecular flexibility index (Phi) is 2.55. The van der Waals surface area contributed by atoms with Gasteiger partial charge in [-0.2, -0.15) is 5.10 Å². The molecule has 94 valence electrons. The van der Waals surface area contributed by atoms with Crippen molar-refractivity contribution in [2.75, 3.05) is 18.8 Å². The summed E-state index contributed by atoms with van der Waals surface area (Å²) >= 11 is 0. The van der Waals surface area contributed by atoms with Gasteiger partial charge in [0.1, 0.15) is 0 Å². The molecule has 1 aliphatic rings. The number of nitrogens with two attached hydrogens (primary N) is 1. The van der Waals surface area contributed by atoms with Crippen LogP contribution in [0.25, 0.3) is 0 Å². The fourth-order valence-corrected chi connectivity index (χ4v) is 2.37. The fourth-order valence-electron chi connectivity index (χ4n) is 2.37. The van der Waals surface area contributed by atoms with Crippen molar-refractivity contribution in [1.29, 1.82) is 0 Å².